The standard InChI is InChI=1S/C16H23F2NO2/c1-3-9-19-15(14-12(17)5-4-6-13(14)18)16(20-2)7-10-21-11-8-16/h4-6,15,19H,3,7-11H2,1-2H3. The molecule has 1 aliphatic heterocycles. The van der Waals surface area contributed by atoms with Crippen LogP contribution >= 0.6 is 0 Å². The van der Waals surface area contributed by atoms with Crippen molar-refractivity contribution >= 4 is 0 Å². The Balaban J connectivity index is 2.41. The molecule has 0 spiro atoms. The zero-order chi connectivity index (χ0) is 15.3. The highest BCUT2D eigenvalue weighted by Crippen LogP contribution is 2.39. The maximum absolute atomic E-state index is 14.2. The lowest BCUT2D eigenvalue weighted by Gasteiger charge is -2.43. The molecule has 0 bridgehead atoms. The molecular weight excluding hydrogens is 276 g/mol. The Morgan fingerprint density at radius 2 is 1.90 bits per heavy atom. The molecule has 1 fully saturated rings. The molecule has 0 aliphatic carbocycles. The lowest BCUT2D eigenvalue weighted by molar-refractivity contribution is -0.112. The van der Waals surface area contributed by atoms with Crippen LogP contribution in [0, 0.1) is 11.6 Å². The highest BCUT2D eigenvalue weighted by atomic mass is 19.1. The molecule has 0 amide bonds. The summed E-state index contributed by atoms with van der Waals surface area (Å²) in [5, 5.41) is 3.27. The Kier molecular flexibility index (Phi) is 5.67. The summed E-state index contributed by atoms with van der Waals surface area (Å²) in [4.78, 5) is 0. The van der Waals surface area contributed by atoms with E-state index in [4.69, 9.17) is 9.47 Å². The molecule has 0 radical (unpaired) electrons. The van der Waals surface area contributed by atoms with Crippen LogP contribution in [0.25, 0.3) is 0 Å². The molecule has 0 aromatic heterocycles. The lowest BCUT2D eigenvalue weighted by Crippen LogP contribution is -2.50. The number of nitrogens with one attached hydrogen (secondary N) is 1. The fourth-order valence-electron chi connectivity index (χ4n) is 2.95. The van der Waals surface area contributed by atoms with E-state index in [2.05, 4.69) is 5.32 Å². The fourth-order valence-corrected chi connectivity index (χ4v) is 2.95. The van der Waals surface area contributed by atoms with E-state index in [1.54, 1.807) is 7.11 Å². The van der Waals surface area contributed by atoms with Gasteiger partial charge in [-0.3, -0.25) is 0 Å². The first-order valence-corrected chi connectivity index (χ1v) is 7.45. The summed E-state index contributed by atoms with van der Waals surface area (Å²) in [6.07, 6.45) is 2.10. The molecule has 0 saturated carbocycles. The molecule has 1 aliphatic rings. The number of halogens is 2. The Hall–Kier alpha value is -1.04. The molecule has 1 saturated heterocycles. The van der Waals surface area contributed by atoms with Gasteiger partial charge in [-0.2, -0.15) is 0 Å². The van der Waals surface area contributed by atoms with Gasteiger partial charge in [0.25, 0.3) is 0 Å². The number of ether oxygens (including phenoxy) is 2. The Bertz CT molecular complexity index is 441. The van der Waals surface area contributed by atoms with Gasteiger partial charge < -0.3 is 14.8 Å². The summed E-state index contributed by atoms with van der Waals surface area (Å²) in [6.45, 7) is 3.76. The smallest absolute Gasteiger partial charge is 0.131 e. The number of hydrogen-bond donors (Lipinski definition) is 1. The number of benzene rings is 1. The summed E-state index contributed by atoms with van der Waals surface area (Å²) in [5.41, 5.74) is -0.578. The van der Waals surface area contributed by atoms with Crippen LogP contribution in [0.3, 0.4) is 0 Å². The van der Waals surface area contributed by atoms with E-state index >= 15 is 0 Å². The normalized spacial score (nSPS) is 19.4. The average Bonchev–Trinajstić information content (AvgIpc) is 2.51. The summed E-state index contributed by atoms with van der Waals surface area (Å²) in [5.74, 6) is -1.07. The highest BCUT2D eigenvalue weighted by molar-refractivity contribution is 5.26. The van der Waals surface area contributed by atoms with Crippen LogP contribution in [0.4, 0.5) is 8.78 Å². The van der Waals surface area contributed by atoms with Crippen molar-refractivity contribution in [1.29, 1.82) is 0 Å². The van der Waals surface area contributed by atoms with Crippen molar-refractivity contribution in [2.45, 2.75) is 37.8 Å². The Morgan fingerprint density at radius 1 is 1.29 bits per heavy atom. The van der Waals surface area contributed by atoms with Gasteiger partial charge >= 0.3 is 0 Å². The predicted molar refractivity (Wildman–Crippen MR) is 77.2 cm³/mol. The summed E-state index contributed by atoms with van der Waals surface area (Å²) < 4.78 is 39.6. The van der Waals surface area contributed by atoms with Crippen molar-refractivity contribution in [3.05, 3.63) is 35.4 Å². The van der Waals surface area contributed by atoms with Gasteiger partial charge in [-0.25, -0.2) is 8.78 Å². The summed E-state index contributed by atoms with van der Waals surface area (Å²) in [6, 6.07) is 3.45. The molecule has 1 N–H and O–H groups in total. The molecule has 1 heterocycles. The van der Waals surface area contributed by atoms with E-state index in [9.17, 15) is 8.78 Å². The largest absolute Gasteiger partial charge is 0.381 e. The molecule has 1 aromatic rings. The first-order chi connectivity index (χ1) is 10.1. The SMILES string of the molecule is CCCNC(c1c(F)cccc1F)C1(OC)CCOCC1. The zero-order valence-electron chi connectivity index (χ0n) is 12.6. The van der Waals surface area contributed by atoms with Crippen LogP contribution in [0.5, 0.6) is 0 Å². The van der Waals surface area contributed by atoms with Crippen molar-refractivity contribution in [1.82, 2.24) is 5.32 Å². The van der Waals surface area contributed by atoms with Gasteiger partial charge in [0.05, 0.1) is 11.6 Å². The van der Waals surface area contributed by atoms with Gasteiger partial charge in [0.15, 0.2) is 0 Å². The fraction of sp³-hybridized carbons (Fsp3) is 0.625. The van der Waals surface area contributed by atoms with Crippen LogP contribution in [-0.4, -0.2) is 32.5 Å². The second-order valence-electron chi connectivity index (χ2n) is 5.40. The minimum absolute atomic E-state index is 0.0645. The molecule has 1 aromatic carbocycles. The molecular formula is C16H23F2NO2. The van der Waals surface area contributed by atoms with Crippen molar-refractivity contribution in [2.75, 3.05) is 26.9 Å². The van der Waals surface area contributed by atoms with Gasteiger partial charge in [0.2, 0.25) is 0 Å². The first kappa shape index (κ1) is 16.3. The maximum atomic E-state index is 14.2. The molecule has 2 rings (SSSR count). The quantitative estimate of drug-likeness (QED) is 0.875. The highest BCUT2D eigenvalue weighted by Gasteiger charge is 2.43. The van der Waals surface area contributed by atoms with E-state index in [0.29, 0.717) is 32.6 Å². The third-order valence-electron chi connectivity index (χ3n) is 4.16. The van der Waals surface area contributed by atoms with Crippen molar-refractivity contribution in [3.63, 3.8) is 0 Å². The molecule has 5 heteroatoms. The van der Waals surface area contributed by atoms with Gasteiger partial charge in [-0.1, -0.05) is 13.0 Å². The first-order valence-electron chi connectivity index (χ1n) is 7.45. The molecule has 1 unspecified atom stereocenters. The third-order valence-corrected chi connectivity index (χ3v) is 4.16. The van der Waals surface area contributed by atoms with E-state index in [0.717, 1.165) is 6.42 Å². The van der Waals surface area contributed by atoms with Crippen LogP contribution in [0.2, 0.25) is 0 Å². The van der Waals surface area contributed by atoms with E-state index in [-0.39, 0.29) is 5.56 Å². The van der Waals surface area contributed by atoms with Gasteiger partial charge in [0, 0.05) is 38.7 Å². The van der Waals surface area contributed by atoms with Crippen LogP contribution < -0.4 is 5.32 Å². The van der Waals surface area contributed by atoms with Crippen molar-refractivity contribution in [2.24, 2.45) is 0 Å². The van der Waals surface area contributed by atoms with Gasteiger partial charge in [-0.05, 0) is 25.1 Å². The van der Waals surface area contributed by atoms with E-state index in [1.165, 1.54) is 18.2 Å². The number of methoxy groups -OCH3 is 1. The monoisotopic (exact) mass is 299 g/mol. The minimum atomic E-state index is -0.642. The molecule has 3 nitrogen and oxygen atoms in total. The van der Waals surface area contributed by atoms with Crippen LogP contribution in [0.1, 0.15) is 37.8 Å². The number of hydrogen-bond acceptors (Lipinski definition) is 3. The van der Waals surface area contributed by atoms with Crippen LogP contribution in [-0.2, 0) is 9.47 Å². The third kappa shape index (κ3) is 3.42. The van der Waals surface area contributed by atoms with E-state index < -0.39 is 23.3 Å². The van der Waals surface area contributed by atoms with Gasteiger partial charge in [0.1, 0.15) is 11.6 Å². The second kappa shape index (κ2) is 7.29. The summed E-state index contributed by atoms with van der Waals surface area (Å²) in [7, 11) is 1.60. The second-order valence-corrected chi connectivity index (χ2v) is 5.40. The zero-order valence-corrected chi connectivity index (χ0v) is 12.6. The van der Waals surface area contributed by atoms with Crippen LogP contribution in [0.15, 0.2) is 18.2 Å². The Labute approximate surface area is 124 Å². The maximum Gasteiger partial charge on any atom is 0.131 e. The molecule has 21 heavy (non-hydrogen) atoms. The van der Waals surface area contributed by atoms with Crippen molar-refractivity contribution in [3.8, 4) is 0 Å². The number of rotatable bonds is 6. The summed E-state index contributed by atoms with van der Waals surface area (Å²) >= 11 is 0. The topological polar surface area (TPSA) is 30.5 Å². The van der Waals surface area contributed by atoms with Gasteiger partial charge in [-0.15, -0.1) is 0 Å². The predicted octanol–water partition coefficient (Wildman–Crippen LogP) is 3.20. The lowest BCUT2D eigenvalue weighted by atomic mass is 9.81. The Morgan fingerprint density at radius 3 is 2.43 bits per heavy atom. The molecule has 1 atom stereocenters. The average molecular weight is 299 g/mol. The molecule has 118 valence electrons. The van der Waals surface area contributed by atoms with E-state index in [1.807, 2.05) is 6.92 Å². The minimum Gasteiger partial charge on any atom is -0.381 e. The van der Waals surface area contributed by atoms with Crippen molar-refractivity contribution < 1.29 is 18.3 Å².